The topological polar surface area (TPSA) is 34.5 Å². The summed E-state index contributed by atoms with van der Waals surface area (Å²) >= 11 is 0. The van der Waals surface area contributed by atoms with Crippen molar-refractivity contribution in [2.24, 2.45) is 0 Å². The van der Waals surface area contributed by atoms with Gasteiger partial charge in [0.2, 0.25) is 0 Å². The number of hydrogen-bond donors (Lipinski definition) is 0. The average Bonchev–Trinajstić information content (AvgIpc) is 3.23. The summed E-state index contributed by atoms with van der Waals surface area (Å²) in [4.78, 5) is 14.8. The first-order valence-electron chi connectivity index (χ1n) is 8.50. The molecule has 25 heavy (non-hydrogen) atoms. The van der Waals surface area contributed by atoms with E-state index in [4.69, 9.17) is 4.74 Å². The molecule has 1 saturated heterocycles. The molecule has 2 aromatic carbocycles. The van der Waals surface area contributed by atoms with E-state index in [0.717, 1.165) is 11.3 Å². The second kappa shape index (κ2) is 6.95. The van der Waals surface area contributed by atoms with E-state index >= 15 is 0 Å². The van der Waals surface area contributed by atoms with Gasteiger partial charge in [-0.1, -0.05) is 36.4 Å². The summed E-state index contributed by atoms with van der Waals surface area (Å²) in [7, 11) is 0. The number of benzene rings is 2. The van der Waals surface area contributed by atoms with E-state index in [1.165, 1.54) is 0 Å². The second-order valence-electron chi connectivity index (χ2n) is 6.16. The molecular weight excluding hydrogens is 312 g/mol. The van der Waals surface area contributed by atoms with Crippen molar-refractivity contribution in [3.05, 3.63) is 90.3 Å². The highest BCUT2D eigenvalue weighted by Crippen LogP contribution is 2.23. The Morgan fingerprint density at radius 2 is 1.76 bits per heavy atom. The van der Waals surface area contributed by atoms with Crippen molar-refractivity contribution in [3.63, 3.8) is 0 Å². The van der Waals surface area contributed by atoms with Gasteiger partial charge in [-0.2, -0.15) is 0 Å². The van der Waals surface area contributed by atoms with Crippen LogP contribution in [-0.4, -0.2) is 35.1 Å². The van der Waals surface area contributed by atoms with E-state index < -0.39 is 0 Å². The first-order chi connectivity index (χ1) is 12.3. The molecule has 1 aliphatic heterocycles. The summed E-state index contributed by atoms with van der Waals surface area (Å²) < 4.78 is 7.87. The van der Waals surface area contributed by atoms with Gasteiger partial charge in [0, 0.05) is 30.2 Å². The van der Waals surface area contributed by atoms with E-state index in [0.29, 0.717) is 25.3 Å². The molecule has 1 amide bonds. The standard InChI is InChI=1S/C21H20N2O2/c24-21(18-9-6-10-19(15-18)22-11-4-5-12-22)23-13-14-25-20(16-23)17-7-2-1-3-8-17/h1-12,15,20H,13-14,16H2/t20-/m1/s1. The monoisotopic (exact) mass is 332 g/mol. The van der Waals surface area contributed by atoms with E-state index in [9.17, 15) is 4.79 Å². The summed E-state index contributed by atoms with van der Waals surface area (Å²) in [5.41, 5.74) is 2.81. The highest BCUT2D eigenvalue weighted by molar-refractivity contribution is 5.94. The van der Waals surface area contributed by atoms with Crippen LogP contribution in [0.15, 0.2) is 79.1 Å². The normalized spacial score (nSPS) is 17.4. The molecule has 0 N–H and O–H groups in total. The van der Waals surface area contributed by atoms with Gasteiger partial charge in [-0.3, -0.25) is 4.79 Å². The number of carbonyl (C=O) groups excluding carboxylic acids is 1. The number of ether oxygens (including phenoxy) is 1. The molecule has 1 fully saturated rings. The zero-order valence-corrected chi connectivity index (χ0v) is 13.9. The molecule has 126 valence electrons. The number of carbonyl (C=O) groups is 1. The van der Waals surface area contributed by atoms with Crippen molar-refractivity contribution in [2.45, 2.75) is 6.10 Å². The van der Waals surface area contributed by atoms with Crippen molar-refractivity contribution < 1.29 is 9.53 Å². The molecule has 0 radical (unpaired) electrons. The number of hydrogen-bond acceptors (Lipinski definition) is 2. The fourth-order valence-electron chi connectivity index (χ4n) is 3.19. The maximum atomic E-state index is 13.0. The third-order valence-electron chi connectivity index (χ3n) is 4.52. The van der Waals surface area contributed by atoms with Gasteiger partial charge in [0.15, 0.2) is 0 Å². The quantitative estimate of drug-likeness (QED) is 0.733. The van der Waals surface area contributed by atoms with Crippen molar-refractivity contribution in [3.8, 4) is 5.69 Å². The van der Waals surface area contributed by atoms with Crippen LogP contribution in [0, 0.1) is 0 Å². The Balaban J connectivity index is 1.53. The van der Waals surface area contributed by atoms with Gasteiger partial charge < -0.3 is 14.2 Å². The minimum atomic E-state index is -0.0634. The first kappa shape index (κ1) is 15.7. The van der Waals surface area contributed by atoms with E-state index in [-0.39, 0.29) is 12.0 Å². The number of rotatable bonds is 3. The summed E-state index contributed by atoms with van der Waals surface area (Å²) in [6.07, 6.45) is 3.89. The Morgan fingerprint density at radius 3 is 2.56 bits per heavy atom. The molecule has 0 aliphatic carbocycles. The highest BCUT2D eigenvalue weighted by Gasteiger charge is 2.26. The van der Waals surface area contributed by atoms with Crippen molar-refractivity contribution in [2.75, 3.05) is 19.7 Å². The minimum absolute atomic E-state index is 0.0539. The SMILES string of the molecule is O=C(c1cccc(-n2cccc2)c1)N1CCO[C@@H](c2ccccc2)C1. The van der Waals surface area contributed by atoms with Crippen molar-refractivity contribution >= 4 is 5.91 Å². The summed E-state index contributed by atoms with van der Waals surface area (Å²) in [6.45, 7) is 1.76. The van der Waals surface area contributed by atoms with E-state index in [1.54, 1.807) is 0 Å². The van der Waals surface area contributed by atoms with E-state index in [1.807, 2.05) is 88.6 Å². The summed E-state index contributed by atoms with van der Waals surface area (Å²) in [5.74, 6) is 0.0539. The lowest BCUT2D eigenvalue weighted by Crippen LogP contribution is -2.42. The Labute approximate surface area is 147 Å². The molecule has 2 heterocycles. The molecule has 1 aromatic heterocycles. The van der Waals surface area contributed by atoms with Crippen LogP contribution in [-0.2, 0) is 4.74 Å². The van der Waals surface area contributed by atoms with Crippen LogP contribution >= 0.6 is 0 Å². The average molecular weight is 332 g/mol. The van der Waals surface area contributed by atoms with Crippen LogP contribution in [0.3, 0.4) is 0 Å². The maximum Gasteiger partial charge on any atom is 0.254 e. The molecule has 4 heteroatoms. The molecule has 3 aromatic rings. The van der Waals surface area contributed by atoms with Gasteiger partial charge >= 0.3 is 0 Å². The first-order valence-corrected chi connectivity index (χ1v) is 8.50. The lowest BCUT2D eigenvalue weighted by molar-refractivity contribution is -0.0228. The summed E-state index contributed by atoms with van der Waals surface area (Å²) in [6, 6.07) is 21.8. The molecule has 4 nitrogen and oxygen atoms in total. The van der Waals surface area contributed by atoms with Gasteiger partial charge in [0.25, 0.3) is 5.91 Å². The van der Waals surface area contributed by atoms with Crippen molar-refractivity contribution in [1.82, 2.24) is 9.47 Å². The molecule has 0 bridgehead atoms. The predicted octanol–water partition coefficient (Wildman–Crippen LogP) is 3.69. The lowest BCUT2D eigenvalue weighted by atomic mass is 10.1. The third-order valence-corrected chi connectivity index (χ3v) is 4.52. The third kappa shape index (κ3) is 3.35. The Bertz CT molecular complexity index is 843. The molecule has 0 saturated carbocycles. The van der Waals surface area contributed by atoms with Gasteiger partial charge in [-0.05, 0) is 35.9 Å². The van der Waals surface area contributed by atoms with Gasteiger partial charge in [-0.25, -0.2) is 0 Å². The predicted molar refractivity (Wildman–Crippen MR) is 96.8 cm³/mol. The van der Waals surface area contributed by atoms with Crippen LogP contribution < -0.4 is 0 Å². The Kier molecular flexibility index (Phi) is 4.36. The lowest BCUT2D eigenvalue weighted by Gasteiger charge is -2.33. The number of aromatic nitrogens is 1. The molecule has 0 unspecified atom stereocenters. The fourth-order valence-corrected chi connectivity index (χ4v) is 3.19. The van der Waals surface area contributed by atoms with Crippen molar-refractivity contribution in [1.29, 1.82) is 0 Å². The number of nitrogens with zero attached hydrogens (tertiary/aromatic N) is 2. The minimum Gasteiger partial charge on any atom is -0.370 e. The smallest absolute Gasteiger partial charge is 0.254 e. The Morgan fingerprint density at radius 1 is 0.960 bits per heavy atom. The Hall–Kier alpha value is -2.85. The fraction of sp³-hybridized carbons (Fsp3) is 0.190. The maximum absolute atomic E-state index is 13.0. The zero-order valence-electron chi connectivity index (χ0n) is 13.9. The van der Waals surface area contributed by atoms with Gasteiger partial charge in [0.1, 0.15) is 6.10 Å². The van der Waals surface area contributed by atoms with Gasteiger partial charge in [-0.15, -0.1) is 0 Å². The molecule has 0 spiro atoms. The number of amides is 1. The number of morpholine rings is 1. The van der Waals surface area contributed by atoms with Crippen LogP contribution in [0.4, 0.5) is 0 Å². The van der Waals surface area contributed by atoms with Crippen LogP contribution in [0.1, 0.15) is 22.0 Å². The molecular formula is C21H20N2O2. The van der Waals surface area contributed by atoms with Crippen LogP contribution in [0.25, 0.3) is 5.69 Å². The summed E-state index contributed by atoms with van der Waals surface area (Å²) in [5, 5.41) is 0. The molecule has 1 aliphatic rings. The largest absolute Gasteiger partial charge is 0.370 e. The van der Waals surface area contributed by atoms with Gasteiger partial charge in [0.05, 0.1) is 13.2 Å². The van der Waals surface area contributed by atoms with Crippen LogP contribution in [0.5, 0.6) is 0 Å². The molecule has 1 atom stereocenters. The van der Waals surface area contributed by atoms with Crippen LogP contribution in [0.2, 0.25) is 0 Å². The second-order valence-corrected chi connectivity index (χ2v) is 6.16. The van der Waals surface area contributed by atoms with E-state index in [2.05, 4.69) is 0 Å². The molecule has 4 rings (SSSR count). The zero-order chi connectivity index (χ0) is 17.1. The highest BCUT2D eigenvalue weighted by atomic mass is 16.5.